The molecule has 0 spiro atoms. The van der Waals surface area contributed by atoms with Crippen LogP contribution in [0.2, 0.25) is 0 Å². The van der Waals surface area contributed by atoms with E-state index in [9.17, 15) is 0 Å². The van der Waals surface area contributed by atoms with Gasteiger partial charge in [-0.25, -0.2) is 0 Å². The molecule has 3 aromatic rings. The second kappa shape index (κ2) is 7.40. The topological polar surface area (TPSA) is 0 Å². The quantitative estimate of drug-likeness (QED) is 0.464. The van der Waals surface area contributed by atoms with Crippen LogP contribution in [0.4, 0.5) is 0 Å². The molecular formula is C22H21P. The van der Waals surface area contributed by atoms with Crippen molar-refractivity contribution in [3.8, 4) is 0 Å². The summed E-state index contributed by atoms with van der Waals surface area (Å²) in [5, 5.41) is 2.77. The zero-order chi connectivity index (χ0) is 16.1. The number of aryl methyl sites for hydroxylation is 2. The third-order valence-corrected chi connectivity index (χ3v) is 5.10. The van der Waals surface area contributed by atoms with E-state index < -0.39 is 0 Å². The molecule has 0 aromatic heterocycles. The average Bonchev–Trinajstić information content (AvgIpc) is 2.58. The van der Waals surface area contributed by atoms with Crippen LogP contribution in [0.25, 0.3) is 12.2 Å². The van der Waals surface area contributed by atoms with E-state index in [4.69, 9.17) is 0 Å². The molecule has 0 bridgehead atoms. The minimum atomic E-state index is 0.703. The summed E-state index contributed by atoms with van der Waals surface area (Å²) < 4.78 is 0. The minimum absolute atomic E-state index is 0.703. The Bertz CT molecular complexity index is 799. The van der Waals surface area contributed by atoms with Crippen LogP contribution in [0.5, 0.6) is 0 Å². The third-order valence-electron chi connectivity index (χ3n) is 3.87. The second-order valence-electron chi connectivity index (χ2n) is 5.81. The molecule has 0 radical (unpaired) electrons. The van der Waals surface area contributed by atoms with Crippen LogP contribution in [-0.4, -0.2) is 0 Å². The van der Waals surface area contributed by atoms with Gasteiger partial charge in [-0.2, -0.15) is 0 Å². The highest BCUT2D eigenvalue weighted by Gasteiger charge is 2.00. The Morgan fingerprint density at radius 1 is 0.696 bits per heavy atom. The zero-order valence-corrected chi connectivity index (χ0v) is 14.6. The van der Waals surface area contributed by atoms with Gasteiger partial charge in [0, 0.05) is 0 Å². The smallest absolute Gasteiger partial charge is 0.0220 e. The fourth-order valence-electron chi connectivity index (χ4n) is 2.45. The Labute approximate surface area is 140 Å². The molecule has 0 aliphatic heterocycles. The van der Waals surface area contributed by atoms with Gasteiger partial charge in [0.1, 0.15) is 0 Å². The summed E-state index contributed by atoms with van der Waals surface area (Å²) >= 11 is 0. The summed E-state index contributed by atoms with van der Waals surface area (Å²) in [5.41, 5.74) is 5.16. The largest absolute Gasteiger partial charge is 0.0622 e. The number of hydrogen-bond acceptors (Lipinski definition) is 0. The van der Waals surface area contributed by atoms with Crippen molar-refractivity contribution in [2.45, 2.75) is 13.8 Å². The lowest BCUT2D eigenvalue weighted by atomic mass is 10.1. The molecule has 0 saturated heterocycles. The lowest BCUT2D eigenvalue weighted by molar-refractivity contribution is 1.46. The van der Waals surface area contributed by atoms with Crippen molar-refractivity contribution in [3.63, 3.8) is 0 Å². The van der Waals surface area contributed by atoms with Crippen molar-refractivity contribution in [1.82, 2.24) is 0 Å². The maximum atomic E-state index is 2.31. The van der Waals surface area contributed by atoms with Gasteiger partial charge < -0.3 is 0 Å². The van der Waals surface area contributed by atoms with Crippen LogP contribution in [0, 0.1) is 13.8 Å². The van der Waals surface area contributed by atoms with E-state index in [2.05, 4.69) is 92.7 Å². The predicted octanol–water partition coefficient (Wildman–Crippen LogP) is 5.10. The van der Waals surface area contributed by atoms with Gasteiger partial charge in [-0.05, 0) is 47.2 Å². The van der Waals surface area contributed by atoms with E-state index in [0.29, 0.717) is 8.58 Å². The highest BCUT2D eigenvalue weighted by Crippen LogP contribution is 2.17. The number of benzene rings is 3. The van der Waals surface area contributed by atoms with Crippen LogP contribution >= 0.6 is 8.58 Å². The predicted molar refractivity (Wildman–Crippen MR) is 105 cm³/mol. The van der Waals surface area contributed by atoms with Gasteiger partial charge in [-0.1, -0.05) is 93.0 Å². The van der Waals surface area contributed by atoms with Gasteiger partial charge in [0.05, 0.1) is 0 Å². The van der Waals surface area contributed by atoms with Gasteiger partial charge in [0.2, 0.25) is 0 Å². The SMILES string of the molecule is Cc1ccc(Pc2ccc(C)c(C=Cc3ccccc3)c2)cc1. The molecule has 1 heteroatoms. The Morgan fingerprint density at radius 3 is 2.13 bits per heavy atom. The van der Waals surface area contributed by atoms with Crippen LogP contribution < -0.4 is 10.6 Å². The first-order chi connectivity index (χ1) is 11.2. The summed E-state index contributed by atoms with van der Waals surface area (Å²) in [6.07, 6.45) is 4.40. The first-order valence-electron chi connectivity index (χ1n) is 7.88. The van der Waals surface area contributed by atoms with Gasteiger partial charge in [0.25, 0.3) is 0 Å². The van der Waals surface area contributed by atoms with Crippen molar-refractivity contribution in [1.29, 1.82) is 0 Å². The van der Waals surface area contributed by atoms with Crippen molar-refractivity contribution in [2.24, 2.45) is 0 Å². The molecule has 3 aromatic carbocycles. The van der Waals surface area contributed by atoms with Crippen molar-refractivity contribution >= 4 is 31.3 Å². The van der Waals surface area contributed by atoms with Crippen molar-refractivity contribution < 1.29 is 0 Å². The molecule has 0 fully saturated rings. The molecule has 0 N–H and O–H groups in total. The van der Waals surface area contributed by atoms with Crippen LogP contribution in [0.1, 0.15) is 22.3 Å². The van der Waals surface area contributed by atoms with E-state index in [1.165, 1.54) is 32.9 Å². The Balaban J connectivity index is 1.81. The minimum Gasteiger partial charge on any atom is -0.0622 e. The fraction of sp³-hybridized carbons (Fsp3) is 0.0909. The normalized spacial score (nSPS) is 11.6. The van der Waals surface area contributed by atoms with Crippen LogP contribution in [-0.2, 0) is 0 Å². The van der Waals surface area contributed by atoms with Gasteiger partial charge >= 0.3 is 0 Å². The van der Waals surface area contributed by atoms with Gasteiger partial charge in [-0.15, -0.1) is 0 Å². The standard InChI is InChI=1S/C22H21P/c1-17-8-13-21(14-9-17)23-22-15-10-18(2)20(16-22)12-11-19-6-4-3-5-7-19/h3-16,23H,1-2H3. The number of rotatable bonds is 4. The summed E-state index contributed by atoms with van der Waals surface area (Å²) in [6.45, 7) is 4.30. The Morgan fingerprint density at radius 2 is 1.39 bits per heavy atom. The van der Waals surface area contributed by atoms with E-state index >= 15 is 0 Å². The van der Waals surface area contributed by atoms with Crippen molar-refractivity contribution in [2.75, 3.05) is 0 Å². The Kier molecular flexibility index (Phi) is 5.05. The molecular weight excluding hydrogens is 295 g/mol. The third kappa shape index (κ3) is 4.41. The zero-order valence-electron chi connectivity index (χ0n) is 13.6. The molecule has 0 amide bonds. The molecule has 0 nitrogen and oxygen atoms in total. The highest BCUT2D eigenvalue weighted by atomic mass is 31.1. The van der Waals surface area contributed by atoms with E-state index in [1.54, 1.807) is 0 Å². The average molecular weight is 316 g/mol. The van der Waals surface area contributed by atoms with Crippen molar-refractivity contribution in [3.05, 3.63) is 95.1 Å². The van der Waals surface area contributed by atoms with E-state index in [0.717, 1.165) is 0 Å². The van der Waals surface area contributed by atoms with Crippen LogP contribution in [0.15, 0.2) is 72.8 Å². The summed E-state index contributed by atoms with van der Waals surface area (Å²) in [5.74, 6) is 0. The monoisotopic (exact) mass is 316 g/mol. The molecule has 0 saturated carbocycles. The molecule has 23 heavy (non-hydrogen) atoms. The summed E-state index contributed by atoms with van der Waals surface area (Å²) in [6, 6.07) is 26.1. The first kappa shape index (κ1) is 15.7. The highest BCUT2D eigenvalue weighted by molar-refractivity contribution is 7.55. The van der Waals surface area contributed by atoms with E-state index in [1.807, 2.05) is 6.07 Å². The molecule has 1 unspecified atom stereocenters. The van der Waals surface area contributed by atoms with E-state index in [-0.39, 0.29) is 0 Å². The number of hydrogen-bond donors (Lipinski definition) is 0. The molecule has 0 aliphatic rings. The van der Waals surface area contributed by atoms with Gasteiger partial charge in [-0.3, -0.25) is 0 Å². The first-order valence-corrected chi connectivity index (χ1v) is 8.88. The maximum Gasteiger partial charge on any atom is -0.0220 e. The fourth-order valence-corrected chi connectivity index (χ4v) is 3.51. The molecule has 1 atom stereocenters. The maximum absolute atomic E-state index is 2.31. The summed E-state index contributed by atoms with van der Waals surface area (Å²) in [7, 11) is 0.703. The Hall–Kier alpha value is -2.17. The lowest BCUT2D eigenvalue weighted by Crippen LogP contribution is -2.04. The second-order valence-corrected chi connectivity index (χ2v) is 7.21. The van der Waals surface area contributed by atoms with Crippen LogP contribution in [0.3, 0.4) is 0 Å². The lowest BCUT2D eigenvalue weighted by Gasteiger charge is -2.07. The molecule has 114 valence electrons. The van der Waals surface area contributed by atoms with Gasteiger partial charge in [0.15, 0.2) is 0 Å². The summed E-state index contributed by atoms with van der Waals surface area (Å²) in [4.78, 5) is 0. The molecule has 0 heterocycles. The molecule has 0 aliphatic carbocycles. The molecule has 3 rings (SSSR count).